The van der Waals surface area contributed by atoms with Crippen molar-refractivity contribution in [1.82, 2.24) is 0 Å². The highest BCUT2D eigenvalue weighted by Crippen LogP contribution is 2.29. The SMILES string of the molecule is Cc1ccc(C)c(S(=O)(=O)Nc2ccccc2SCC(N)=O)c1. The van der Waals surface area contributed by atoms with E-state index in [0.717, 1.165) is 5.56 Å². The number of sulfonamides is 1. The summed E-state index contributed by atoms with van der Waals surface area (Å²) in [6.07, 6.45) is 0. The molecule has 2 aromatic carbocycles. The first-order valence-electron chi connectivity index (χ1n) is 6.90. The molecular formula is C16H18N2O3S2. The fourth-order valence-electron chi connectivity index (χ4n) is 2.02. The first-order valence-corrected chi connectivity index (χ1v) is 9.36. The van der Waals surface area contributed by atoms with E-state index in [1.807, 2.05) is 13.0 Å². The monoisotopic (exact) mass is 350 g/mol. The predicted octanol–water partition coefficient (Wildman–Crippen LogP) is 2.68. The minimum Gasteiger partial charge on any atom is -0.369 e. The second-order valence-corrected chi connectivity index (χ2v) is 7.79. The van der Waals surface area contributed by atoms with E-state index in [9.17, 15) is 13.2 Å². The Labute approximate surface area is 140 Å². The number of para-hydroxylation sites is 1. The van der Waals surface area contributed by atoms with Gasteiger partial charge in [0, 0.05) is 4.90 Å². The van der Waals surface area contributed by atoms with Gasteiger partial charge in [0.15, 0.2) is 0 Å². The van der Waals surface area contributed by atoms with Crippen molar-refractivity contribution in [3.8, 4) is 0 Å². The number of carbonyl (C=O) groups excluding carboxylic acids is 1. The maximum absolute atomic E-state index is 12.7. The molecule has 0 saturated heterocycles. The van der Waals surface area contributed by atoms with Crippen molar-refractivity contribution < 1.29 is 13.2 Å². The molecule has 0 bridgehead atoms. The molecule has 7 heteroatoms. The standard InChI is InChI=1S/C16H18N2O3S2/c1-11-7-8-12(2)15(9-11)23(20,21)18-13-5-3-4-6-14(13)22-10-16(17)19/h3-9,18H,10H2,1-2H3,(H2,17,19). The van der Waals surface area contributed by atoms with Crippen molar-refractivity contribution in [2.75, 3.05) is 10.5 Å². The van der Waals surface area contributed by atoms with Gasteiger partial charge >= 0.3 is 0 Å². The van der Waals surface area contributed by atoms with Gasteiger partial charge in [0.2, 0.25) is 5.91 Å². The van der Waals surface area contributed by atoms with Crippen LogP contribution < -0.4 is 10.5 Å². The molecule has 23 heavy (non-hydrogen) atoms. The van der Waals surface area contributed by atoms with Gasteiger partial charge in [0.25, 0.3) is 10.0 Å². The van der Waals surface area contributed by atoms with Crippen molar-refractivity contribution in [2.45, 2.75) is 23.6 Å². The van der Waals surface area contributed by atoms with Crippen LogP contribution in [0.15, 0.2) is 52.3 Å². The Balaban J connectivity index is 2.34. The molecule has 5 nitrogen and oxygen atoms in total. The Kier molecular flexibility index (Phi) is 5.33. The van der Waals surface area contributed by atoms with Gasteiger partial charge in [0.05, 0.1) is 16.3 Å². The third-order valence-corrected chi connectivity index (χ3v) is 5.74. The lowest BCUT2D eigenvalue weighted by Gasteiger charge is -2.13. The molecule has 0 atom stereocenters. The Morgan fingerprint density at radius 1 is 1.17 bits per heavy atom. The van der Waals surface area contributed by atoms with E-state index in [4.69, 9.17) is 5.73 Å². The molecule has 0 radical (unpaired) electrons. The van der Waals surface area contributed by atoms with Crippen LogP contribution in [0.5, 0.6) is 0 Å². The average molecular weight is 350 g/mol. The number of benzene rings is 2. The molecule has 0 spiro atoms. The van der Waals surface area contributed by atoms with Gasteiger partial charge < -0.3 is 5.73 Å². The van der Waals surface area contributed by atoms with E-state index >= 15 is 0 Å². The van der Waals surface area contributed by atoms with E-state index in [-0.39, 0.29) is 10.6 Å². The maximum atomic E-state index is 12.7. The Morgan fingerprint density at radius 3 is 2.57 bits per heavy atom. The first-order chi connectivity index (χ1) is 10.8. The normalized spacial score (nSPS) is 11.2. The van der Waals surface area contributed by atoms with Crippen LogP contribution in [-0.2, 0) is 14.8 Å². The summed E-state index contributed by atoms with van der Waals surface area (Å²) in [5, 5.41) is 0. The number of hydrogen-bond acceptors (Lipinski definition) is 4. The number of amides is 1. The van der Waals surface area contributed by atoms with Crippen LogP contribution in [0.3, 0.4) is 0 Å². The second kappa shape index (κ2) is 7.06. The highest BCUT2D eigenvalue weighted by Gasteiger charge is 2.18. The van der Waals surface area contributed by atoms with Gasteiger partial charge in [-0.25, -0.2) is 8.42 Å². The maximum Gasteiger partial charge on any atom is 0.262 e. The van der Waals surface area contributed by atoms with Crippen molar-refractivity contribution in [3.63, 3.8) is 0 Å². The Morgan fingerprint density at radius 2 is 1.87 bits per heavy atom. The van der Waals surface area contributed by atoms with Crippen LogP contribution in [0, 0.1) is 13.8 Å². The van der Waals surface area contributed by atoms with Crippen molar-refractivity contribution in [3.05, 3.63) is 53.6 Å². The Bertz CT molecular complexity index is 833. The molecular weight excluding hydrogens is 332 g/mol. The number of nitrogens with two attached hydrogens (primary N) is 1. The average Bonchev–Trinajstić information content (AvgIpc) is 2.48. The lowest BCUT2D eigenvalue weighted by atomic mass is 10.2. The molecule has 2 aromatic rings. The molecule has 0 fully saturated rings. The zero-order valence-electron chi connectivity index (χ0n) is 12.9. The quantitative estimate of drug-likeness (QED) is 0.784. The number of thioether (sulfide) groups is 1. The van der Waals surface area contributed by atoms with Gasteiger partial charge in [-0.1, -0.05) is 24.3 Å². The number of anilines is 1. The Hall–Kier alpha value is -1.99. The van der Waals surface area contributed by atoms with E-state index in [2.05, 4.69) is 4.72 Å². The number of carbonyl (C=O) groups is 1. The molecule has 0 saturated carbocycles. The summed E-state index contributed by atoms with van der Waals surface area (Å²) in [5.41, 5.74) is 7.12. The molecule has 2 rings (SSSR count). The van der Waals surface area contributed by atoms with Crippen LogP contribution in [0.25, 0.3) is 0 Å². The van der Waals surface area contributed by atoms with Crippen LogP contribution in [-0.4, -0.2) is 20.1 Å². The summed E-state index contributed by atoms with van der Waals surface area (Å²) < 4.78 is 27.9. The highest BCUT2D eigenvalue weighted by atomic mass is 32.2. The molecule has 3 N–H and O–H groups in total. The number of rotatable bonds is 6. The molecule has 0 aliphatic carbocycles. The summed E-state index contributed by atoms with van der Waals surface area (Å²) in [6.45, 7) is 3.59. The van der Waals surface area contributed by atoms with E-state index in [0.29, 0.717) is 16.1 Å². The van der Waals surface area contributed by atoms with Crippen LogP contribution >= 0.6 is 11.8 Å². The van der Waals surface area contributed by atoms with Gasteiger partial charge in [-0.15, -0.1) is 11.8 Å². The number of hydrogen-bond donors (Lipinski definition) is 2. The van der Waals surface area contributed by atoms with Crippen LogP contribution in [0.1, 0.15) is 11.1 Å². The van der Waals surface area contributed by atoms with Crippen molar-refractivity contribution in [1.29, 1.82) is 0 Å². The summed E-state index contributed by atoms with van der Waals surface area (Å²) in [5.74, 6) is -0.371. The summed E-state index contributed by atoms with van der Waals surface area (Å²) in [7, 11) is -3.71. The lowest BCUT2D eigenvalue weighted by Crippen LogP contribution is -2.16. The van der Waals surface area contributed by atoms with Crippen LogP contribution in [0.2, 0.25) is 0 Å². The zero-order chi connectivity index (χ0) is 17.0. The predicted molar refractivity (Wildman–Crippen MR) is 93.1 cm³/mol. The summed E-state index contributed by atoms with van der Waals surface area (Å²) in [4.78, 5) is 11.8. The molecule has 122 valence electrons. The zero-order valence-corrected chi connectivity index (χ0v) is 14.5. The molecule has 0 heterocycles. The summed E-state index contributed by atoms with van der Waals surface area (Å²) in [6, 6.07) is 12.2. The molecule has 0 aliphatic heterocycles. The highest BCUT2D eigenvalue weighted by molar-refractivity contribution is 8.00. The number of primary amides is 1. The van der Waals surface area contributed by atoms with Crippen LogP contribution in [0.4, 0.5) is 5.69 Å². The lowest BCUT2D eigenvalue weighted by molar-refractivity contribution is -0.115. The number of aryl methyl sites for hydroxylation is 2. The fourth-order valence-corrected chi connectivity index (χ4v) is 4.24. The van der Waals surface area contributed by atoms with Gasteiger partial charge in [-0.3, -0.25) is 9.52 Å². The van der Waals surface area contributed by atoms with E-state index in [1.165, 1.54) is 11.8 Å². The minimum absolute atomic E-state index is 0.0855. The van der Waals surface area contributed by atoms with Gasteiger partial charge in [0.1, 0.15) is 0 Å². The third-order valence-electron chi connectivity index (χ3n) is 3.13. The van der Waals surface area contributed by atoms with Gasteiger partial charge in [-0.05, 0) is 43.2 Å². The van der Waals surface area contributed by atoms with Crippen molar-refractivity contribution in [2.24, 2.45) is 5.73 Å². The van der Waals surface area contributed by atoms with Gasteiger partial charge in [-0.2, -0.15) is 0 Å². The first kappa shape index (κ1) is 17.4. The smallest absolute Gasteiger partial charge is 0.262 e. The minimum atomic E-state index is -3.71. The second-order valence-electron chi connectivity index (χ2n) is 5.13. The largest absolute Gasteiger partial charge is 0.369 e. The van der Waals surface area contributed by atoms with E-state index in [1.54, 1.807) is 43.3 Å². The fraction of sp³-hybridized carbons (Fsp3) is 0.188. The topological polar surface area (TPSA) is 89.3 Å². The molecule has 0 aliphatic rings. The molecule has 1 amide bonds. The van der Waals surface area contributed by atoms with Crippen molar-refractivity contribution >= 4 is 33.4 Å². The molecule has 0 unspecified atom stereocenters. The number of nitrogens with one attached hydrogen (secondary N) is 1. The third kappa shape index (κ3) is 4.49. The summed E-state index contributed by atoms with van der Waals surface area (Å²) >= 11 is 1.20. The van der Waals surface area contributed by atoms with E-state index < -0.39 is 15.9 Å². The molecule has 0 aromatic heterocycles.